The van der Waals surface area contributed by atoms with E-state index < -0.39 is 5.82 Å². The Balaban J connectivity index is 1.48. The summed E-state index contributed by atoms with van der Waals surface area (Å²) in [4.78, 5) is 32.7. The molecule has 0 unspecified atom stereocenters. The summed E-state index contributed by atoms with van der Waals surface area (Å²) in [6.45, 7) is 9.41. The number of amides is 2. The molecule has 1 fully saturated rings. The van der Waals surface area contributed by atoms with Gasteiger partial charge in [-0.15, -0.1) is 0 Å². The van der Waals surface area contributed by atoms with Crippen LogP contribution >= 0.6 is 0 Å². The number of rotatable bonds is 6. The average molecular weight is 440 g/mol. The third-order valence-corrected chi connectivity index (χ3v) is 6.28. The molecule has 3 N–H and O–H groups in total. The van der Waals surface area contributed by atoms with Gasteiger partial charge in [0.05, 0.1) is 16.8 Å². The van der Waals surface area contributed by atoms with Crippen molar-refractivity contribution in [1.29, 1.82) is 0 Å². The zero-order chi connectivity index (χ0) is 22.8. The molecule has 1 aromatic heterocycles. The Labute approximate surface area is 187 Å². The monoisotopic (exact) mass is 439 g/mol. The number of aryl methyl sites for hydroxylation is 1. The molecular formula is C24H30FN5O2. The molecule has 32 heavy (non-hydrogen) atoms. The third kappa shape index (κ3) is 4.33. The zero-order valence-corrected chi connectivity index (χ0v) is 18.8. The molecule has 3 heterocycles. The predicted molar refractivity (Wildman–Crippen MR) is 124 cm³/mol. The Bertz CT molecular complexity index is 1070. The highest BCUT2D eigenvalue weighted by Gasteiger charge is 2.30. The SMILES string of the molecule is Cc1[nH]c(/C=C2\C(=O)N(C)c3ccc(F)cc32)c(C)c1C(=O)NCCCN1CCNCC1. The number of hydrogen-bond acceptors (Lipinski definition) is 4. The first-order valence-electron chi connectivity index (χ1n) is 11.1. The van der Waals surface area contributed by atoms with Gasteiger partial charge in [-0.3, -0.25) is 9.59 Å². The molecule has 0 saturated carbocycles. The van der Waals surface area contributed by atoms with E-state index >= 15 is 0 Å². The van der Waals surface area contributed by atoms with Crippen LogP contribution < -0.4 is 15.5 Å². The number of hydrogen-bond donors (Lipinski definition) is 3. The highest BCUT2D eigenvalue weighted by atomic mass is 19.1. The normalized spacial score (nSPS) is 17.8. The van der Waals surface area contributed by atoms with Crippen molar-refractivity contribution in [1.82, 2.24) is 20.5 Å². The molecule has 0 bridgehead atoms. The second-order valence-electron chi connectivity index (χ2n) is 8.45. The van der Waals surface area contributed by atoms with Gasteiger partial charge in [-0.2, -0.15) is 0 Å². The van der Waals surface area contributed by atoms with E-state index in [1.807, 2.05) is 13.8 Å². The first kappa shape index (κ1) is 22.2. The summed E-state index contributed by atoms with van der Waals surface area (Å²) in [6.07, 6.45) is 2.61. The number of carbonyl (C=O) groups excluding carboxylic acids is 2. The molecule has 0 spiro atoms. The van der Waals surface area contributed by atoms with Crippen LogP contribution in [0.15, 0.2) is 18.2 Å². The molecule has 0 aliphatic carbocycles. The van der Waals surface area contributed by atoms with Gasteiger partial charge in [-0.1, -0.05) is 0 Å². The van der Waals surface area contributed by atoms with Crippen molar-refractivity contribution in [3.05, 3.63) is 52.1 Å². The Morgan fingerprint density at radius 3 is 2.75 bits per heavy atom. The number of halogens is 1. The predicted octanol–water partition coefficient (Wildman–Crippen LogP) is 2.31. The Morgan fingerprint density at radius 1 is 1.25 bits per heavy atom. The van der Waals surface area contributed by atoms with Crippen LogP contribution in [-0.4, -0.2) is 68.0 Å². The molecule has 1 aromatic carbocycles. The van der Waals surface area contributed by atoms with Crippen LogP contribution in [0.5, 0.6) is 0 Å². The second kappa shape index (κ2) is 9.26. The van der Waals surface area contributed by atoms with E-state index in [0.717, 1.165) is 50.4 Å². The van der Waals surface area contributed by atoms with Crippen molar-refractivity contribution in [3.63, 3.8) is 0 Å². The number of aromatic amines is 1. The van der Waals surface area contributed by atoms with E-state index in [1.165, 1.54) is 17.0 Å². The average Bonchev–Trinajstić information content (AvgIpc) is 3.19. The van der Waals surface area contributed by atoms with Crippen LogP contribution in [0.2, 0.25) is 0 Å². The van der Waals surface area contributed by atoms with Crippen molar-refractivity contribution in [3.8, 4) is 0 Å². The van der Waals surface area contributed by atoms with Gasteiger partial charge in [-0.25, -0.2) is 4.39 Å². The molecule has 4 rings (SSSR count). The maximum absolute atomic E-state index is 13.8. The standard InChI is InChI=1S/C24H30FN5O2/c1-15-20(14-19-18-13-17(25)5-6-21(18)29(3)24(19)32)28-16(2)22(15)23(31)27-7-4-10-30-11-8-26-9-12-30/h5-6,13-14,26,28H,4,7-12H2,1-3H3,(H,27,31)/b19-14-. The number of benzene rings is 1. The fourth-order valence-electron chi connectivity index (χ4n) is 4.49. The van der Waals surface area contributed by atoms with Gasteiger partial charge in [0.15, 0.2) is 0 Å². The smallest absolute Gasteiger partial charge is 0.258 e. The Morgan fingerprint density at radius 2 is 2.00 bits per heavy atom. The minimum atomic E-state index is -0.391. The number of fused-ring (bicyclic) bond motifs is 1. The quantitative estimate of drug-likeness (QED) is 0.477. The number of nitrogens with one attached hydrogen (secondary N) is 3. The van der Waals surface area contributed by atoms with Gasteiger partial charge in [0.25, 0.3) is 11.8 Å². The molecule has 0 radical (unpaired) electrons. The number of aromatic nitrogens is 1. The summed E-state index contributed by atoms with van der Waals surface area (Å²) in [6, 6.07) is 4.33. The highest BCUT2D eigenvalue weighted by Crippen LogP contribution is 2.37. The topological polar surface area (TPSA) is 80.5 Å². The molecule has 7 nitrogen and oxygen atoms in total. The molecule has 2 aromatic rings. The zero-order valence-electron chi connectivity index (χ0n) is 18.8. The van der Waals surface area contributed by atoms with Crippen LogP contribution in [0.3, 0.4) is 0 Å². The first-order chi connectivity index (χ1) is 15.4. The van der Waals surface area contributed by atoms with Crippen LogP contribution in [0.25, 0.3) is 11.6 Å². The van der Waals surface area contributed by atoms with E-state index in [2.05, 4.69) is 20.5 Å². The van der Waals surface area contributed by atoms with Gasteiger partial charge in [0.1, 0.15) is 5.82 Å². The Kier molecular flexibility index (Phi) is 6.43. The van der Waals surface area contributed by atoms with E-state index in [4.69, 9.17) is 0 Å². The van der Waals surface area contributed by atoms with Crippen LogP contribution in [0.4, 0.5) is 10.1 Å². The fraction of sp³-hybridized carbons (Fsp3) is 0.417. The summed E-state index contributed by atoms with van der Waals surface area (Å²) in [7, 11) is 1.67. The maximum Gasteiger partial charge on any atom is 0.258 e. The van der Waals surface area contributed by atoms with Crippen LogP contribution in [0, 0.1) is 19.7 Å². The molecule has 0 atom stereocenters. The molecule has 2 aliphatic rings. The van der Waals surface area contributed by atoms with Gasteiger partial charge in [-0.05, 0) is 56.7 Å². The minimum absolute atomic E-state index is 0.123. The van der Waals surface area contributed by atoms with Crippen molar-refractivity contribution in [2.24, 2.45) is 0 Å². The maximum atomic E-state index is 13.8. The summed E-state index contributed by atoms with van der Waals surface area (Å²) < 4.78 is 13.8. The van der Waals surface area contributed by atoms with Gasteiger partial charge in [0, 0.05) is 56.7 Å². The summed E-state index contributed by atoms with van der Waals surface area (Å²) in [5.74, 6) is -0.711. The van der Waals surface area contributed by atoms with Crippen molar-refractivity contribution in [2.75, 3.05) is 51.2 Å². The van der Waals surface area contributed by atoms with E-state index in [1.54, 1.807) is 19.2 Å². The first-order valence-corrected chi connectivity index (χ1v) is 11.1. The van der Waals surface area contributed by atoms with E-state index in [9.17, 15) is 14.0 Å². The van der Waals surface area contributed by atoms with Gasteiger partial charge in [0.2, 0.25) is 0 Å². The number of likely N-dealkylation sites (N-methyl/N-ethyl adjacent to an activating group) is 1. The largest absolute Gasteiger partial charge is 0.358 e. The summed E-state index contributed by atoms with van der Waals surface area (Å²) >= 11 is 0. The lowest BCUT2D eigenvalue weighted by Gasteiger charge is -2.27. The molecule has 170 valence electrons. The van der Waals surface area contributed by atoms with Crippen molar-refractivity contribution >= 4 is 29.2 Å². The lowest BCUT2D eigenvalue weighted by Crippen LogP contribution is -2.44. The molecule has 1 saturated heterocycles. The van der Waals surface area contributed by atoms with Crippen molar-refractivity contribution < 1.29 is 14.0 Å². The number of H-pyrrole nitrogens is 1. The second-order valence-corrected chi connectivity index (χ2v) is 8.45. The highest BCUT2D eigenvalue weighted by molar-refractivity contribution is 6.35. The van der Waals surface area contributed by atoms with Crippen LogP contribution in [0.1, 0.15) is 39.3 Å². The van der Waals surface area contributed by atoms with Gasteiger partial charge >= 0.3 is 0 Å². The van der Waals surface area contributed by atoms with Gasteiger partial charge < -0.3 is 25.4 Å². The number of carbonyl (C=O) groups is 2. The van der Waals surface area contributed by atoms with E-state index in [-0.39, 0.29) is 11.8 Å². The summed E-state index contributed by atoms with van der Waals surface area (Å²) in [5, 5.41) is 6.36. The number of nitrogens with zero attached hydrogens (tertiary/aromatic N) is 2. The fourth-order valence-corrected chi connectivity index (χ4v) is 4.49. The third-order valence-electron chi connectivity index (χ3n) is 6.28. The molecule has 8 heteroatoms. The van der Waals surface area contributed by atoms with Crippen LogP contribution in [-0.2, 0) is 4.79 Å². The summed E-state index contributed by atoms with van der Waals surface area (Å²) in [5.41, 5.74) is 4.44. The molecular weight excluding hydrogens is 409 g/mol. The molecule has 2 amide bonds. The minimum Gasteiger partial charge on any atom is -0.358 e. The lowest BCUT2D eigenvalue weighted by molar-refractivity contribution is -0.112. The van der Waals surface area contributed by atoms with Crippen molar-refractivity contribution in [2.45, 2.75) is 20.3 Å². The van der Waals surface area contributed by atoms with E-state index in [0.29, 0.717) is 34.6 Å². The molecule has 2 aliphatic heterocycles. The number of piperazine rings is 1. The lowest BCUT2D eigenvalue weighted by atomic mass is 10.0. The Hall–Kier alpha value is -2.97. The number of anilines is 1.